The first kappa shape index (κ1) is 15.5. The summed E-state index contributed by atoms with van der Waals surface area (Å²) in [6, 6.07) is 6.02. The van der Waals surface area contributed by atoms with Crippen LogP contribution in [0.4, 0.5) is 0 Å². The van der Waals surface area contributed by atoms with Crippen molar-refractivity contribution in [2.24, 2.45) is 0 Å². The molecule has 1 aromatic carbocycles. The molecule has 0 bridgehead atoms. The van der Waals surface area contributed by atoms with Crippen molar-refractivity contribution in [1.29, 1.82) is 0 Å². The van der Waals surface area contributed by atoms with Crippen LogP contribution in [0.15, 0.2) is 29.2 Å². The van der Waals surface area contributed by atoms with Gasteiger partial charge in [-0.1, -0.05) is 0 Å². The number of benzene rings is 1. The molecule has 1 amide bonds. The molecule has 0 aliphatic carbocycles. The molecule has 0 aliphatic rings. The van der Waals surface area contributed by atoms with E-state index in [-0.39, 0.29) is 17.3 Å². The Morgan fingerprint density at radius 1 is 1.21 bits per heavy atom. The van der Waals surface area contributed by atoms with Crippen molar-refractivity contribution in [2.75, 3.05) is 19.7 Å². The van der Waals surface area contributed by atoms with E-state index in [0.717, 1.165) is 0 Å². The van der Waals surface area contributed by atoms with Gasteiger partial charge >= 0.3 is 0 Å². The highest BCUT2D eigenvalue weighted by Crippen LogP contribution is 2.15. The molecule has 0 aromatic heterocycles. The van der Waals surface area contributed by atoms with Gasteiger partial charge in [0.2, 0.25) is 15.9 Å². The first-order valence-electron chi connectivity index (χ1n) is 5.98. The molecule has 0 saturated heterocycles. The molecule has 0 heterocycles. The second kappa shape index (κ2) is 7.10. The van der Waals surface area contributed by atoms with Gasteiger partial charge in [-0.25, -0.2) is 13.1 Å². The monoisotopic (exact) mass is 286 g/mol. The smallest absolute Gasteiger partial charge is 0.241 e. The molecule has 106 valence electrons. The summed E-state index contributed by atoms with van der Waals surface area (Å²) in [4.78, 5) is 11.3. The fraction of sp³-hybridized carbons (Fsp3) is 0.417. The SMILES string of the molecule is CCNC(=O)CNS(=O)(=O)c1ccc(OCC)cc1. The number of likely N-dealkylation sites (N-methyl/N-ethyl adjacent to an activating group) is 1. The normalized spacial score (nSPS) is 11.1. The van der Waals surface area contributed by atoms with Crippen molar-refractivity contribution < 1.29 is 17.9 Å². The van der Waals surface area contributed by atoms with Gasteiger partial charge in [0.25, 0.3) is 0 Å². The average molecular weight is 286 g/mol. The summed E-state index contributed by atoms with van der Waals surface area (Å²) in [5.41, 5.74) is 0. The maximum Gasteiger partial charge on any atom is 0.241 e. The van der Waals surface area contributed by atoms with Gasteiger partial charge in [0.15, 0.2) is 0 Å². The Labute approximate surface area is 113 Å². The Hall–Kier alpha value is -1.60. The molecule has 1 rings (SSSR count). The second-order valence-corrected chi connectivity index (χ2v) is 5.45. The number of hydrogen-bond acceptors (Lipinski definition) is 4. The standard InChI is InChI=1S/C12H18N2O4S/c1-3-13-12(15)9-14-19(16,17)11-7-5-10(6-8-11)18-4-2/h5-8,14H,3-4,9H2,1-2H3,(H,13,15). The van der Waals surface area contributed by atoms with Crippen LogP contribution in [0.2, 0.25) is 0 Å². The van der Waals surface area contributed by atoms with Gasteiger partial charge in [-0.3, -0.25) is 4.79 Å². The van der Waals surface area contributed by atoms with Crippen LogP contribution in [-0.2, 0) is 14.8 Å². The predicted octanol–water partition coefficient (Wildman–Crippen LogP) is 0.500. The molecule has 19 heavy (non-hydrogen) atoms. The molecule has 2 N–H and O–H groups in total. The molecule has 6 nitrogen and oxygen atoms in total. The van der Waals surface area contributed by atoms with Crippen molar-refractivity contribution in [3.8, 4) is 5.75 Å². The third-order valence-electron chi connectivity index (χ3n) is 2.24. The van der Waals surface area contributed by atoms with E-state index in [4.69, 9.17) is 4.74 Å². The van der Waals surface area contributed by atoms with E-state index in [0.29, 0.717) is 18.9 Å². The van der Waals surface area contributed by atoms with E-state index in [1.54, 1.807) is 19.1 Å². The van der Waals surface area contributed by atoms with E-state index >= 15 is 0 Å². The van der Waals surface area contributed by atoms with E-state index in [1.807, 2.05) is 6.92 Å². The maximum absolute atomic E-state index is 11.9. The Morgan fingerprint density at radius 2 is 1.84 bits per heavy atom. The second-order valence-electron chi connectivity index (χ2n) is 3.68. The number of ether oxygens (including phenoxy) is 1. The molecule has 0 fully saturated rings. The van der Waals surface area contributed by atoms with Crippen molar-refractivity contribution in [1.82, 2.24) is 10.0 Å². The molecule has 0 radical (unpaired) electrons. The summed E-state index contributed by atoms with van der Waals surface area (Å²) < 4.78 is 31.2. The van der Waals surface area contributed by atoms with Crippen molar-refractivity contribution in [2.45, 2.75) is 18.7 Å². The number of carbonyl (C=O) groups is 1. The minimum absolute atomic E-state index is 0.0975. The third-order valence-corrected chi connectivity index (χ3v) is 3.66. The lowest BCUT2D eigenvalue weighted by Gasteiger charge is -2.08. The third kappa shape index (κ3) is 4.88. The first-order valence-corrected chi connectivity index (χ1v) is 7.47. The summed E-state index contributed by atoms with van der Waals surface area (Å²) in [5, 5.41) is 2.51. The molecular formula is C12H18N2O4S. The fourth-order valence-electron chi connectivity index (χ4n) is 1.39. The van der Waals surface area contributed by atoms with Crippen LogP contribution in [0.25, 0.3) is 0 Å². The van der Waals surface area contributed by atoms with Gasteiger partial charge in [-0.2, -0.15) is 0 Å². The van der Waals surface area contributed by atoms with Crippen LogP contribution >= 0.6 is 0 Å². The Kier molecular flexibility index (Phi) is 5.78. The Morgan fingerprint density at radius 3 is 2.37 bits per heavy atom. The van der Waals surface area contributed by atoms with Crippen molar-refractivity contribution in [3.63, 3.8) is 0 Å². The van der Waals surface area contributed by atoms with Gasteiger partial charge in [0, 0.05) is 6.54 Å². The lowest BCUT2D eigenvalue weighted by Crippen LogP contribution is -2.36. The Bertz CT molecular complexity index is 511. The van der Waals surface area contributed by atoms with Gasteiger partial charge < -0.3 is 10.1 Å². The van der Waals surface area contributed by atoms with E-state index in [9.17, 15) is 13.2 Å². The molecule has 0 unspecified atom stereocenters. The molecule has 0 atom stereocenters. The molecule has 0 aliphatic heterocycles. The summed E-state index contributed by atoms with van der Waals surface area (Å²) in [6.45, 7) is 4.31. The zero-order chi connectivity index (χ0) is 14.3. The lowest BCUT2D eigenvalue weighted by molar-refractivity contribution is -0.119. The minimum atomic E-state index is -3.67. The highest BCUT2D eigenvalue weighted by molar-refractivity contribution is 7.89. The Balaban J connectivity index is 2.69. The van der Waals surface area contributed by atoms with E-state index in [1.165, 1.54) is 12.1 Å². The molecule has 0 saturated carbocycles. The highest BCUT2D eigenvalue weighted by atomic mass is 32.2. The largest absolute Gasteiger partial charge is 0.494 e. The quantitative estimate of drug-likeness (QED) is 0.764. The number of amides is 1. The van der Waals surface area contributed by atoms with Crippen LogP contribution in [-0.4, -0.2) is 34.0 Å². The minimum Gasteiger partial charge on any atom is -0.494 e. The van der Waals surface area contributed by atoms with E-state index < -0.39 is 10.0 Å². The molecule has 0 spiro atoms. The molecular weight excluding hydrogens is 268 g/mol. The van der Waals surface area contributed by atoms with Crippen LogP contribution in [0.5, 0.6) is 5.75 Å². The maximum atomic E-state index is 11.9. The van der Waals surface area contributed by atoms with Crippen molar-refractivity contribution >= 4 is 15.9 Å². The molecule has 7 heteroatoms. The van der Waals surface area contributed by atoms with Crippen molar-refractivity contribution in [3.05, 3.63) is 24.3 Å². The van der Waals surface area contributed by atoms with Gasteiger partial charge in [0.1, 0.15) is 5.75 Å². The number of rotatable bonds is 7. The topological polar surface area (TPSA) is 84.5 Å². The predicted molar refractivity (Wildman–Crippen MR) is 71.5 cm³/mol. The summed E-state index contributed by atoms with van der Waals surface area (Å²) in [5.74, 6) is 0.238. The fourth-order valence-corrected chi connectivity index (χ4v) is 2.37. The van der Waals surface area contributed by atoms with Crippen LogP contribution < -0.4 is 14.8 Å². The van der Waals surface area contributed by atoms with Gasteiger partial charge in [-0.15, -0.1) is 0 Å². The number of sulfonamides is 1. The zero-order valence-electron chi connectivity index (χ0n) is 11.0. The molecule has 1 aromatic rings. The number of hydrogen-bond donors (Lipinski definition) is 2. The zero-order valence-corrected chi connectivity index (χ0v) is 11.8. The highest BCUT2D eigenvalue weighted by Gasteiger charge is 2.15. The summed E-state index contributed by atoms with van der Waals surface area (Å²) in [7, 11) is -3.67. The number of carbonyl (C=O) groups excluding carboxylic acids is 1. The first-order chi connectivity index (χ1) is 8.99. The van der Waals surface area contributed by atoms with Crippen LogP contribution in [0.1, 0.15) is 13.8 Å². The summed E-state index contributed by atoms with van der Waals surface area (Å²) >= 11 is 0. The average Bonchev–Trinajstić information content (AvgIpc) is 2.38. The number of nitrogens with one attached hydrogen (secondary N) is 2. The van der Waals surface area contributed by atoms with E-state index in [2.05, 4.69) is 10.0 Å². The van der Waals surface area contributed by atoms with Gasteiger partial charge in [-0.05, 0) is 38.1 Å². The summed E-state index contributed by atoms with van der Waals surface area (Å²) in [6.07, 6.45) is 0. The van der Waals surface area contributed by atoms with Gasteiger partial charge in [0.05, 0.1) is 18.0 Å². The van der Waals surface area contributed by atoms with Crippen LogP contribution in [0, 0.1) is 0 Å². The van der Waals surface area contributed by atoms with Crippen LogP contribution in [0.3, 0.4) is 0 Å². The lowest BCUT2D eigenvalue weighted by atomic mass is 10.3.